The van der Waals surface area contributed by atoms with E-state index in [2.05, 4.69) is 34.8 Å². The lowest BCUT2D eigenvalue weighted by molar-refractivity contribution is 0.300. The van der Waals surface area contributed by atoms with Gasteiger partial charge in [0.2, 0.25) is 0 Å². The number of aromatic nitrogens is 1. The number of fused-ring (bicyclic) bond motifs is 1. The van der Waals surface area contributed by atoms with Gasteiger partial charge in [-0.05, 0) is 52.9 Å². The number of nitrogen functional groups attached to an aromatic ring is 1. The third-order valence-electron chi connectivity index (χ3n) is 3.00. The van der Waals surface area contributed by atoms with Gasteiger partial charge in [0.25, 0.3) is 0 Å². The SMILES string of the molecule is CC(C)CCCOc1ccc(N)c2cc(Br)cnc12. The Hall–Kier alpha value is -1.29. The van der Waals surface area contributed by atoms with E-state index in [4.69, 9.17) is 10.5 Å². The van der Waals surface area contributed by atoms with Gasteiger partial charge in [0.1, 0.15) is 11.3 Å². The second kappa shape index (κ2) is 6.24. The van der Waals surface area contributed by atoms with Gasteiger partial charge in [-0.1, -0.05) is 13.8 Å². The number of benzene rings is 1. The lowest BCUT2D eigenvalue weighted by Crippen LogP contribution is -2.01. The molecule has 0 fully saturated rings. The van der Waals surface area contributed by atoms with Crippen molar-refractivity contribution in [2.75, 3.05) is 12.3 Å². The van der Waals surface area contributed by atoms with E-state index >= 15 is 0 Å². The zero-order chi connectivity index (χ0) is 13.8. The number of anilines is 1. The Balaban J connectivity index is 2.17. The van der Waals surface area contributed by atoms with E-state index < -0.39 is 0 Å². The van der Waals surface area contributed by atoms with Crippen molar-refractivity contribution in [3.05, 3.63) is 28.9 Å². The first-order chi connectivity index (χ1) is 9.08. The summed E-state index contributed by atoms with van der Waals surface area (Å²) in [5.41, 5.74) is 7.52. The van der Waals surface area contributed by atoms with Gasteiger partial charge in [-0.15, -0.1) is 0 Å². The summed E-state index contributed by atoms with van der Waals surface area (Å²) in [5.74, 6) is 1.52. The molecule has 1 aromatic heterocycles. The summed E-state index contributed by atoms with van der Waals surface area (Å²) in [5, 5.41) is 0.927. The number of hydrogen-bond donors (Lipinski definition) is 1. The van der Waals surface area contributed by atoms with Gasteiger partial charge >= 0.3 is 0 Å². The molecule has 19 heavy (non-hydrogen) atoms. The average molecular weight is 323 g/mol. The molecule has 2 N–H and O–H groups in total. The van der Waals surface area contributed by atoms with E-state index in [9.17, 15) is 0 Å². The maximum atomic E-state index is 5.97. The van der Waals surface area contributed by atoms with Crippen LogP contribution in [0.25, 0.3) is 10.9 Å². The van der Waals surface area contributed by atoms with Gasteiger partial charge in [-0.3, -0.25) is 4.98 Å². The molecule has 1 aromatic carbocycles. The molecular formula is C15H19BrN2O. The first-order valence-electron chi connectivity index (χ1n) is 6.54. The number of ether oxygens (including phenoxy) is 1. The van der Waals surface area contributed by atoms with E-state index in [1.165, 1.54) is 6.42 Å². The second-order valence-corrected chi connectivity index (χ2v) is 6.00. The molecule has 0 atom stereocenters. The van der Waals surface area contributed by atoms with Crippen molar-refractivity contribution in [1.29, 1.82) is 0 Å². The highest BCUT2D eigenvalue weighted by Gasteiger charge is 2.07. The highest BCUT2D eigenvalue weighted by atomic mass is 79.9. The summed E-state index contributed by atoms with van der Waals surface area (Å²) in [6.45, 7) is 5.16. The Kier molecular flexibility index (Phi) is 4.64. The Morgan fingerprint density at radius 3 is 2.89 bits per heavy atom. The average Bonchev–Trinajstić information content (AvgIpc) is 2.37. The molecule has 2 rings (SSSR count). The molecule has 1 heterocycles. The van der Waals surface area contributed by atoms with E-state index in [1.807, 2.05) is 18.2 Å². The molecule has 0 bridgehead atoms. The zero-order valence-corrected chi connectivity index (χ0v) is 12.9. The third kappa shape index (κ3) is 3.60. The molecule has 0 saturated heterocycles. The maximum absolute atomic E-state index is 5.97. The number of nitrogens with zero attached hydrogens (tertiary/aromatic N) is 1. The highest BCUT2D eigenvalue weighted by molar-refractivity contribution is 9.10. The summed E-state index contributed by atoms with van der Waals surface area (Å²) in [6, 6.07) is 5.74. The van der Waals surface area contributed by atoms with Crippen molar-refractivity contribution >= 4 is 32.5 Å². The summed E-state index contributed by atoms with van der Waals surface area (Å²) < 4.78 is 6.75. The fraction of sp³-hybridized carbons (Fsp3) is 0.400. The van der Waals surface area contributed by atoms with Crippen LogP contribution in [-0.4, -0.2) is 11.6 Å². The minimum Gasteiger partial charge on any atom is -0.491 e. The second-order valence-electron chi connectivity index (χ2n) is 5.09. The fourth-order valence-corrected chi connectivity index (χ4v) is 2.31. The van der Waals surface area contributed by atoms with Crippen molar-refractivity contribution < 1.29 is 4.74 Å². The molecule has 0 radical (unpaired) electrons. The van der Waals surface area contributed by atoms with Crippen LogP contribution in [0.3, 0.4) is 0 Å². The molecule has 0 unspecified atom stereocenters. The predicted octanol–water partition coefficient (Wildman–Crippen LogP) is 4.39. The predicted molar refractivity (Wildman–Crippen MR) is 83.4 cm³/mol. The first-order valence-corrected chi connectivity index (χ1v) is 7.33. The van der Waals surface area contributed by atoms with Gasteiger partial charge < -0.3 is 10.5 Å². The van der Waals surface area contributed by atoms with Crippen molar-refractivity contribution in [2.24, 2.45) is 5.92 Å². The molecule has 0 amide bonds. The third-order valence-corrected chi connectivity index (χ3v) is 3.43. The fourth-order valence-electron chi connectivity index (χ4n) is 1.98. The standard InChI is InChI=1S/C15H19BrN2O/c1-10(2)4-3-7-19-14-6-5-13(17)12-8-11(16)9-18-15(12)14/h5-6,8-10H,3-4,7,17H2,1-2H3. The van der Waals surface area contributed by atoms with Crippen LogP contribution in [0.5, 0.6) is 5.75 Å². The summed E-state index contributed by atoms with van der Waals surface area (Å²) in [4.78, 5) is 4.40. The van der Waals surface area contributed by atoms with Crippen molar-refractivity contribution in [3.8, 4) is 5.75 Å². The monoisotopic (exact) mass is 322 g/mol. The van der Waals surface area contributed by atoms with Crippen LogP contribution in [0.15, 0.2) is 28.9 Å². The molecule has 3 nitrogen and oxygen atoms in total. The summed E-state index contributed by atoms with van der Waals surface area (Å²) in [6.07, 6.45) is 3.99. The van der Waals surface area contributed by atoms with Crippen molar-refractivity contribution in [1.82, 2.24) is 4.98 Å². The molecule has 0 aliphatic rings. The van der Waals surface area contributed by atoms with E-state index in [-0.39, 0.29) is 0 Å². The molecule has 2 aromatic rings. The lowest BCUT2D eigenvalue weighted by Gasteiger charge is -2.11. The van der Waals surface area contributed by atoms with Crippen LogP contribution in [0.1, 0.15) is 26.7 Å². The van der Waals surface area contributed by atoms with E-state index in [0.29, 0.717) is 5.92 Å². The normalized spacial score (nSPS) is 11.2. The van der Waals surface area contributed by atoms with Gasteiger partial charge in [-0.2, -0.15) is 0 Å². The number of halogens is 1. The van der Waals surface area contributed by atoms with Gasteiger partial charge in [0.05, 0.1) is 6.61 Å². The van der Waals surface area contributed by atoms with Crippen molar-refractivity contribution in [2.45, 2.75) is 26.7 Å². The molecule has 0 aliphatic carbocycles. The van der Waals surface area contributed by atoms with Crippen LogP contribution in [-0.2, 0) is 0 Å². The van der Waals surface area contributed by atoms with Crippen LogP contribution in [0, 0.1) is 5.92 Å². The van der Waals surface area contributed by atoms with Crippen molar-refractivity contribution in [3.63, 3.8) is 0 Å². The Bertz CT molecular complexity index is 569. The zero-order valence-electron chi connectivity index (χ0n) is 11.3. The smallest absolute Gasteiger partial charge is 0.145 e. The molecule has 102 valence electrons. The maximum Gasteiger partial charge on any atom is 0.145 e. The quantitative estimate of drug-likeness (QED) is 0.655. The first kappa shape index (κ1) is 14.1. The molecule has 0 spiro atoms. The van der Waals surface area contributed by atoms with Gasteiger partial charge in [-0.25, -0.2) is 0 Å². The number of pyridine rings is 1. The van der Waals surface area contributed by atoms with Gasteiger partial charge in [0.15, 0.2) is 0 Å². The minimum atomic E-state index is 0.709. The summed E-state index contributed by atoms with van der Waals surface area (Å²) in [7, 11) is 0. The van der Waals surface area contributed by atoms with Gasteiger partial charge in [0, 0.05) is 21.7 Å². The van der Waals surface area contributed by atoms with Crippen LogP contribution < -0.4 is 10.5 Å². The lowest BCUT2D eigenvalue weighted by atomic mass is 10.1. The number of nitrogens with two attached hydrogens (primary N) is 1. The Labute approximate surface area is 122 Å². The Morgan fingerprint density at radius 1 is 1.37 bits per heavy atom. The number of hydrogen-bond acceptors (Lipinski definition) is 3. The largest absolute Gasteiger partial charge is 0.491 e. The van der Waals surface area contributed by atoms with E-state index in [0.717, 1.165) is 39.8 Å². The molecular weight excluding hydrogens is 304 g/mol. The summed E-state index contributed by atoms with van der Waals surface area (Å²) >= 11 is 3.41. The topological polar surface area (TPSA) is 48.1 Å². The highest BCUT2D eigenvalue weighted by Crippen LogP contribution is 2.30. The number of rotatable bonds is 5. The molecule has 0 aliphatic heterocycles. The Morgan fingerprint density at radius 2 is 2.16 bits per heavy atom. The van der Waals surface area contributed by atoms with Crippen LogP contribution in [0.4, 0.5) is 5.69 Å². The minimum absolute atomic E-state index is 0.709. The van der Waals surface area contributed by atoms with E-state index in [1.54, 1.807) is 6.20 Å². The van der Waals surface area contributed by atoms with Crippen LogP contribution >= 0.6 is 15.9 Å². The molecule has 4 heteroatoms. The van der Waals surface area contributed by atoms with Crippen LogP contribution in [0.2, 0.25) is 0 Å². The molecule has 0 saturated carbocycles.